The van der Waals surface area contributed by atoms with E-state index in [1.165, 1.54) is 0 Å². The van der Waals surface area contributed by atoms with Crippen molar-refractivity contribution in [3.63, 3.8) is 0 Å². The first kappa shape index (κ1) is 16.7. The Kier molecular flexibility index (Phi) is 6.33. The third kappa shape index (κ3) is 5.24. The highest BCUT2D eigenvalue weighted by Gasteiger charge is 2.04. The minimum absolute atomic E-state index is 0.394. The molecule has 0 bridgehead atoms. The Bertz CT molecular complexity index is 736. The molecule has 0 aliphatic carbocycles. The second-order valence-corrected chi connectivity index (χ2v) is 5.06. The molecule has 0 N–H and O–H groups in total. The first-order valence-corrected chi connectivity index (χ1v) is 7.41. The number of allylic oxidation sites excluding steroid dienone is 2. The number of halogens is 1. The quantitative estimate of drug-likeness (QED) is 0.520. The zero-order valence-corrected chi connectivity index (χ0v) is 13.4. The van der Waals surface area contributed by atoms with Crippen LogP contribution in [0.4, 0.5) is 5.69 Å². The fourth-order valence-electron chi connectivity index (χ4n) is 1.81. The van der Waals surface area contributed by atoms with Crippen LogP contribution < -0.4 is 4.74 Å². The second kappa shape index (κ2) is 8.71. The van der Waals surface area contributed by atoms with Gasteiger partial charge in [0.1, 0.15) is 12.4 Å². The summed E-state index contributed by atoms with van der Waals surface area (Å²) in [5.74, 6) is 0.693. The molecule has 0 amide bonds. The molecular weight excluding hydrogens is 308 g/mol. The summed E-state index contributed by atoms with van der Waals surface area (Å²) in [7, 11) is 0. The predicted molar refractivity (Wildman–Crippen MR) is 96.9 cm³/mol. The number of ether oxygens (including phenoxy) is 1. The predicted octanol–water partition coefficient (Wildman–Crippen LogP) is 5.16. The number of rotatable bonds is 7. The maximum Gasteiger partial charge on any atom is 0.128 e. The van der Waals surface area contributed by atoms with E-state index in [0.717, 1.165) is 16.8 Å². The van der Waals surface area contributed by atoms with Gasteiger partial charge in [-0.2, -0.15) is 0 Å². The minimum Gasteiger partial charge on any atom is -0.488 e. The average Bonchev–Trinajstić information content (AvgIpc) is 2.58. The summed E-state index contributed by atoms with van der Waals surface area (Å²) < 4.78 is 5.83. The van der Waals surface area contributed by atoms with Gasteiger partial charge in [0.2, 0.25) is 0 Å². The summed E-state index contributed by atoms with van der Waals surface area (Å²) in [6.07, 6.45) is 10.4. The lowest BCUT2D eigenvalue weighted by Crippen LogP contribution is -2.01. The number of hydrogen-bond acceptors (Lipinski definition) is 3. The molecule has 23 heavy (non-hydrogen) atoms. The number of pyridine rings is 1. The standard InChI is InChI=1S/C19H17ClN2O/c1-3-6-15(4-2)14-23-19-9-8-17(20)11-16(19)12-22-18-7-5-10-21-13-18/h3-13H,1-2,14H2. The molecule has 4 heteroatoms. The molecule has 1 heterocycles. The maximum atomic E-state index is 6.07. The van der Waals surface area contributed by atoms with Crippen molar-refractivity contribution in [1.29, 1.82) is 0 Å². The molecule has 1 aromatic heterocycles. The average molecular weight is 325 g/mol. The second-order valence-electron chi connectivity index (χ2n) is 4.62. The molecule has 0 atom stereocenters. The molecule has 0 aliphatic heterocycles. The summed E-state index contributed by atoms with van der Waals surface area (Å²) in [4.78, 5) is 8.41. The zero-order valence-electron chi connectivity index (χ0n) is 12.7. The van der Waals surface area contributed by atoms with Crippen molar-refractivity contribution in [2.24, 2.45) is 4.99 Å². The zero-order chi connectivity index (χ0) is 16.5. The van der Waals surface area contributed by atoms with Crippen LogP contribution >= 0.6 is 11.6 Å². The van der Waals surface area contributed by atoms with Crippen molar-refractivity contribution in [2.75, 3.05) is 6.61 Å². The van der Waals surface area contributed by atoms with Crippen LogP contribution in [-0.2, 0) is 0 Å². The van der Waals surface area contributed by atoms with Gasteiger partial charge in [-0.1, -0.05) is 43.0 Å². The van der Waals surface area contributed by atoms with E-state index in [2.05, 4.69) is 23.1 Å². The smallest absolute Gasteiger partial charge is 0.128 e. The topological polar surface area (TPSA) is 34.5 Å². The van der Waals surface area contributed by atoms with Crippen LogP contribution in [0.5, 0.6) is 5.75 Å². The van der Waals surface area contributed by atoms with E-state index in [0.29, 0.717) is 17.4 Å². The number of aromatic nitrogens is 1. The molecule has 0 fully saturated rings. The van der Waals surface area contributed by atoms with Crippen LogP contribution in [0.3, 0.4) is 0 Å². The Hall–Kier alpha value is -2.65. The van der Waals surface area contributed by atoms with Crippen LogP contribution in [0.25, 0.3) is 0 Å². The number of hydrogen-bond donors (Lipinski definition) is 0. The highest BCUT2D eigenvalue weighted by molar-refractivity contribution is 6.30. The molecule has 0 aliphatic rings. The summed E-state index contributed by atoms with van der Waals surface area (Å²) in [5, 5.41) is 0.621. The molecule has 2 aromatic rings. The van der Waals surface area contributed by atoms with Gasteiger partial charge in [0, 0.05) is 23.0 Å². The van der Waals surface area contributed by atoms with E-state index in [1.807, 2.05) is 30.3 Å². The Morgan fingerprint density at radius 2 is 2.17 bits per heavy atom. The highest BCUT2D eigenvalue weighted by atomic mass is 35.5. The molecule has 2 rings (SSSR count). The van der Waals surface area contributed by atoms with E-state index in [-0.39, 0.29) is 0 Å². The van der Waals surface area contributed by atoms with Gasteiger partial charge in [0.15, 0.2) is 0 Å². The number of benzene rings is 1. The molecule has 0 unspecified atom stereocenters. The van der Waals surface area contributed by atoms with Gasteiger partial charge >= 0.3 is 0 Å². The van der Waals surface area contributed by atoms with E-state index in [4.69, 9.17) is 16.3 Å². The molecule has 0 spiro atoms. The molecule has 0 saturated heterocycles. The number of nitrogens with zero attached hydrogens (tertiary/aromatic N) is 2. The Labute approximate surface area is 141 Å². The summed E-state index contributed by atoms with van der Waals surface area (Å²) >= 11 is 6.07. The molecule has 1 aromatic carbocycles. The van der Waals surface area contributed by atoms with Gasteiger partial charge in [-0.05, 0) is 35.9 Å². The van der Waals surface area contributed by atoms with Gasteiger partial charge in [-0.15, -0.1) is 0 Å². The van der Waals surface area contributed by atoms with Crippen LogP contribution in [0.2, 0.25) is 5.02 Å². The SMILES string of the molecule is C=CC=C(C=C)COc1ccc(Cl)cc1C=Nc1cccnc1. The van der Waals surface area contributed by atoms with Crippen molar-refractivity contribution >= 4 is 23.5 Å². The van der Waals surface area contributed by atoms with E-state index in [1.54, 1.807) is 36.8 Å². The lowest BCUT2D eigenvalue weighted by molar-refractivity contribution is 0.355. The lowest BCUT2D eigenvalue weighted by atomic mass is 10.2. The van der Waals surface area contributed by atoms with Gasteiger partial charge < -0.3 is 4.74 Å². The van der Waals surface area contributed by atoms with Gasteiger partial charge in [-0.3, -0.25) is 9.98 Å². The van der Waals surface area contributed by atoms with Gasteiger partial charge in [0.05, 0.1) is 11.9 Å². The highest BCUT2D eigenvalue weighted by Crippen LogP contribution is 2.23. The van der Waals surface area contributed by atoms with Crippen molar-refractivity contribution < 1.29 is 4.74 Å². The minimum atomic E-state index is 0.394. The maximum absolute atomic E-state index is 6.07. The molecular formula is C19H17ClN2O. The fraction of sp³-hybridized carbons (Fsp3) is 0.0526. The van der Waals surface area contributed by atoms with E-state index >= 15 is 0 Å². The third-order valence-electron chi connectivity index (χ3n) is 2.96. The van der Waals surface area contributed by atoms with Crippen LogP contribution in [0, 0.1) is 0 Å². The largest absolute Gasteiger partial charge is 0.488 e. The third-order valence-corrected chi connectivity index (χ3v) is 3.19. The summed E-state index contributed by atoms with van der Waals surface area (Å²) in [5.41, 5.74) is 2.49. The van der Waals surface area contributed by atoms with Crippen LogP contribution in [0.1, 0.15) is 5.56 Å². The summed E-state index contributed by atoms with van der Waals surface area (Å²) in [6, 6.07) is 9.11. The van der Waals surface area contributed by atoms with E-state index in [9.17, 15) is 0 Å². The first-order valence-electron chi connectivity index (χ1n) is 7.03. The Balaban J connectivity index is 2.20. The Morgan fingerprint density at radius 3 is 2.87 bits per heavy atom. The molecule has 0 saturated carbocycles. The summed E-state index contributed by atoms with van der Waals surface area (Å²) in [6.45, 7) is 7.82. The normalized spacial score (nSPS) is 11.4. The van der Waals surface area contributed by atoms with Gasteiger partial charge in [-0.25, -0.2) is 0 Å². The molecule has 3 nitrogen and oxygen atoms in total. The first-order chi connectivity index (χ1) is 11.2. The van der Waals surface area contributed by atoms with Crippen molar-refractivity contribution in [1.82, 2.24) is 4.98 Å². The van der Waals surface area contributed by atoms with Crippen molar-refractivity contribution in [3.8, 4) is 5.75 Å². The Morgan fingerprint density at radius 1 is 1.30 bits per heavy atom. The monoisotopic (exact) mass is 324 g/mol. The molecule has 0 radical (unpaired) electrons. The molecule has 116 valence electrons. The van der Waals surface area contributed by atoms with Crippen molar-refractivity contribution in [3.05, 3.63) is 90.3 Å². The van der Waals surface area contributed by atoms with Crippen LogP contribution in [-0.4, -0.2) is 17.8 Å². The van der Waals surface area contributed by atoms with Gasteiger partial charge in [0.25, 0.3) is 0 Å². The lowest BCUT2D eigenvalue weighted by Gasteiger charge is -2.10. The number of aliphatic imine (C=N–C) groups is 1. The van der Waals surface area contributed by atoms with Crippen molar-refractivity contribution in [2.45, 2.75) is 0 Å². The fourth-order valence-corrected chi connectivity index (χ4v) is 1.99. The van der Waals surface area contributed by atoms with Crippen LogP contribution in [0.15, 0.2) is 84.7 Å². The van der Waals surface area contributed by atoms with E-state index < -0.39 is 0 Å².